The van der Waals surface area contributed by atoms with Gasteiger partial charge in [-0.05, 0) is 51.0 Å². The predicted molar refractivity (Wildman–Crippen MR) is 91.0 cm³/mol. The number of amides is 1. The van der Waals surface area contributed by atoms with E-state index >= 15 is 0 Å². The third-order valence-corrected chi connectivity index (χ3v) is 4.19. The van der Waals surface area contributed by atoms with E-state index in [0.717, 1.165) is 17.0 Å². The van der Waals surface area contributed by atoms with Gasteiger partial charge >= 0.3 is 5.97 Å². The lowest BCUT2D eigenvalue weighted by molar-refractivity contribution is -0.143. The Hall–Kier alpha value is -2.63. The minimum absolute atomic E-state index is 0.305. The van der Waals surface area contributed by atoms with E-state index in [2.05, 4.69) is 10.4 Å². The molecule has 24 heavy (non-hydrogen) atoms. The maximum absolute atomic E-state index is 12.4. The average Bonchev–Trinajstić information content (AvgIpc) is 2.84. The van der Waals surface area contributed by atoms with Crippen molar-refractivity contribution in [2.45, 2.75) is 46.2 Å². The number of benzene rings is 1. The number of rotatable bonds is 6. The van der Waals surface area contributed by atoms with Gasteiger partial charge in [0, 0.05) is 11.3 Å². The van der Waals surface area contributed by atoms with Gasteiger partial charge in [0.1, 0.15) is 5.54 Å². The summed E-state index contributed by atoms with van der Waals surface area (Å²) in [6, 6.07) is 9.15. The van der Waals surface area contributed by atoms with Crippen molar-refractivity contribution in [3.8, 4) is 0 Å². The lowest BCUT2D eigenvalue weighted by atomic mass is 9.98. The molecule has 0 bridgehead atoms. The van der Waals surface area contributed by atoms with E-state index in [4.69, 9.17) is 0 Å². The highest BCUT2D eigenvalue weighted by Gasteiger charge is 2.33. The van der Waals surface area contributed by atoms with Gasteiger partial charge in [-0.15, -0.1) is 0 Å². The van der Waals surface area contributed by atoms with Crippen LogP contribution in [0.4, 0.5) is 0 Å². The highest BCUT2D eigenvalue weighted by Crippen LogP contribution is 2.13. The molecule has 2 aromatic rings. The molecule has 2 N–H and O–H groups in total. The summed E-state index contributed by atoms with van der Waals surface area (Å²) in [4.78, 5) is 23.7. The maximum Gasteiger partial charge on any atom is 0.329 e. The second-order valence-electron chi connectivity index (χ2n) is 6.23. The molecule has 1 amide bonds. The topological polar surface area (TPSA) is 84.2 Å². The van der Waals surface area contributed by atoms with E-state index in [9.17, 15) is 14.7 Å². The Bertz CT molecular complexity index is 767. The highest BCUT2D eigenvalue weighted by atomic mass is 16.4. The molecule has 0 saturated heterocycles. The zero-order valence-electron chi connectivity index (χ0n) is 14.5. The molecular formula is C18H23N3O3. The standard InChI is InChI=1S/C18H23N3O3/c1-5-18(4,17(23)24)19-16(22)15-8-6-7-14(10-15)11-21-13(3)9-12(2)20-21/h6-10H,5,11H2,1-4H3,(H,19,22)(H,23,24). The van der Waals surface area contributed by atoms with Gasteiger partial charge in [-0.25, -0.2) is 4.79 Å². The maximum atomic E-state index is 12.4. The summed E-state index contributed by atoms with van der Waals surface area (Å²) in [7, 11) is 0. The number of nitrogens with zero attached hydrogens (tertiary/aromatic N) is 2. The summed E-state index contributed by atoms with van der Waals surface area (Å²) >= 11 is 0. The Morgan fingerprint density at radius 3 is 2.54 bits per heavy atom. The molecule has 6 heteroatoms. The molecule has 0 radical (unpaired) electrons. The number of aromatic nitrogens is 2. The molecular weight excluding hydrogens is 306 g/mol. The number of nitrogens with one attached hydrogen (secondary N) is 1. The van der Waals surface area contributed by atoms with Crippen LogP contribution < -0.4 is 5.32 Å². The van der Waals surface area contributed by atoms with Crippen molar-refractivity contribution >= 4 is 11.9 Å². The average molecular weight is 329 g/mol. The van der Waals surface area contributed by atoms with Gasteiger partial charge in [-0.2, -0.15) is 5.10 Å². The first kappa shape index (κ1) is 17.7. The first-order chi connectivity index (χ1) is 11.2. The summed E-state index contributed by atoms with van der Waals surface area (Å²) in [5.41, 5.74) is 2.09. The number of carboxylic acid groups (broad SMARTS) is 1. The molecule has 0 spiro atoms. The second-order valence-corrected chi connectivity index (χ2v) is 6.23. The van der Waals surface area contributed by atoms with E-state index in [1.807, 2.05) is 30.7 Å². The molecule has 2 rings (SSSR count). The van der Waals surface area contributed by atoms with Crippen molar-refractivity contribution in [2.75, 3.05) is 0 Å². The quantitative estimate of drug-likeness (QED) is 0.853. The molecule has 0 aliphatic rings. The van der Waals surface area contributed by atoms with Crippen LogP contribution in [0.3, 0.4) is 0 Å². The van der Waals surface area contributed by atoms with Crippen LogP contribution in [-0.2, 0) is 11.3 Å². The molecule has 0 saturated carbocycles. The van der Waals surface area contributed by atoms with Crippen LogP contribution >= 0.6 is 0 Å². The number of aliphatic carboxylic acids is 1. The Morgan fingerprint density at radius 2 is 2.00 bits per heavy atom. The highest BCUT2D eigenvalue weighted by molar-refractivity contribution is 5.97. The minimum Gasteiger partial charge on any atom is -0.480 e. The van der Waals surface area contributed by atoms with Crippen LogP contribution in [0.5, 0.6) is 0 Å². The van der Waals surface area contributed by atoms with Crippen LogP contribution in [0.2, 0.25) is 0 Å². The van der Waals surface area contributed by atoms with Crippen LogP contribution in [0.15, 0.2) is 30.3 Å². The van der Waals surface area contributed by atoms with Crippen molar-refractivity contribution in [2.24, 2.45) is 0 Å². The monoisotopic (exact) mass is 329 g/mol. The summed E-state index contributed by atoms with van der Waals surface area (Å²) in [5.74, 6) is -1.44. The fourth-order valence-corrected chi connectivity index (χ4v) is 2.43. The number of hydrogen-bond acceptors (Lipinski definition) is 3. The van der Waals surface area contributed by atoms with Crippen molar-refractivity contribution < 1.29 is 14.7 Å². The van der Waals surface area contributed by atoms with Crippen molar-refractivity contribution in [3.05, 3.63) is 52.8 Å². The molecule has 0 aliphatic heterocycles. The van der Waals surface area contributed by atoms with Crippen LogP contribution in [0.25, 0.3) is 0 Å². The number of carbonyl (C=O) groups is 2. The minimum atomic E-state index is -1.28. The van der Waals surface area contributed by atoms with Gasteiger partial charge in [0.25, 0.3) is 5.91 Å². The van der Waals surface area contributed by atoms with E-state index in [-0.39, 0.29) is 0 Å². The lowest BCUT2D eigenvalue weighted by Gasteiger charge is -2.24. The molecule has 1 atom stereocenters. The molecule has 1 aromatic heterocycles. The number of hydrogen-bond donors (Lipinski definition) is 2. The van der Waals surface area contributed by atoms with Gasteiger partial charge < -0.3 is 10.4 Å². The predicted octanol–water partition coefficient (Wildman–Crippen LogP) is 2.53. The van der Waals surface area contributed by atoms with Gasteiger partial charge in [0.2, 0.25) is 0 Å². The summed E-state index contributed by atoms with van der Waals surface area (Å²) in [6.45, 7) is 7.71. The number of aryl methyl sites for hydroxylation is 2. The van der Waals surface area contributed by atoms with Crippen LogP contribution in [0.1, 0.15) is 47.6 Å². The zero-order chi connectivity index (χ0) is 17.9. The van der Waals surface area contributed by atoms with Gasteiger partial charge in [-0.3, -0.25) is 9.48 Å². The van der Waals surface area contributed by atoms with E-state index < -0.39 is 17.4 Å². The Morgan fingerprint density at radius 1 is 1.29 bits per heavy atom. The van der Waals surface area contributed by atoms with Gasteiger partial charge in [-0.1, -0.05) is 19.1 Å². The van der Waals surface area contributed by atoms with E-state index in [1.165, 1.54) is 6.92 Å². The normalized spacial score (nSPS) is 13.3. The molecule has 0 aliphatic carbocycles. The van der Waals surface area contributed by atoms with E-state index in [1.54, 1.807) is 25.1 Å². The Balaban J connectivity index is 2.19. The molecule has 128 valence electrons. The largest absolute Gasteiger partial charge is 0.480 e. The SMILES string of the molecule is CCC(C)(NC(=O)c1cccc(Cn2nc(C)cc2C)c1)C(=O)O. The molecule has 1 aromatic carbocycles. The fraction of sp³-hybridized carbons (Fsp3) is 0.389. The van der Waals surface area contributed by atoms with Crippen molar-refractivity contribution in [1.29, 1.82) is 0 Å². The van der Waals surface area contributed by atoms with Crippen molar-refractivity contribution in [1.82, 2.24) is 15.1 Å². The van der Waals surface area contributed by atoms with Gasteiger partial charge in [0.05, 0.1) is 12.2 Å². The smallest absolute Gasteiger partial charge is 0.329 e. The second kappa shape index (κ2) is 6.86. The van der Waals surface area contributed by atoms with Crippen LogP contribution in [-0.4, -0.2) is 32.3 Å². The summed E-state index contributed by atoms with van der Waals surface area (Å²) in [6.07, 6.45) is 0.305. The molecule has 1 unspecified atom stereocenters. The van der Waals surface area contributed by atoms with E-state index in [0.29, 0.717) is 18.5 Å². The van der Waals surface area contributed by atoms with Gasteiger partial charge in [0.15, 0.2) is 0 Å². The number of carbonyl (C=O) groups excluding carboxylic acids is 1. The fourth-order valence-electron chi connectivity index (χ4n) is 2.43. The zero-order valence-corrected chi connectivity index (χ0v) is 14.5. The third-order valence-electron chi connectivity index (χ3n) is 4.19. The van der Waals surface area contributed by atoms with Crippen molar-refractivity contribution in [3.63, 3.8) is 0 Å². The first-order valence-corrected chi connectivity index (χ1v) is 7.91. The third kappa shape index (κ3) is 3.82. The summed E-state index contributed by atoms with van der Waals surface area (Å²) in [5, 5.41) is 16.3. The lowest BCUT2D eigenvalue weighted by Crippen LogP contribution is -2.51. The molecule has 6 nitrogen and oxygen atoms in total. The molecule has 0 fully saturated rings. The first-order valence-electron chi connectivity index (χ1n) is 7.91. The Labute approximate surface area is 141 Å². The van der Waals surface area contributed by atoms with Crippen LogP contribution in [0, 0.1) is 13.8 Å². The summed E-state index contributed by atoms with van der Waals surface area (Å²) < 4.78 is 1.87. The molecule has 1 heterocycles. The Kier molecular flexibility index (Phi) is 5.07. The number of carboxylic acids is 1.